The highest BCUT2D eigenvalue weighted by Gasteiger charge is 2.11. The highest BCUT2D eigenvalue weighted by atomic mass is 16.1. The van der Waals surface area contributed by atoms with Crippen LogP contribution in [0.15, 0.2) is 12.2 Å². The summed E-state index contributed by atoms with van der Waals surface area (Å²) >= 11 is 0. The van der Waals surface area contributed by atoms with Crippen LogP contribution >= 0.6 is 0 Å². The highest BCUT2D eigenvalue weighted by Crippen LogP contribution is 2.12. The normalized spacial score (nSPS) is 18.7. The fourth-order valence-corrected chi connectivity index (χ4v) is 1.48. The van der Waals surface area contributed by atoms with Gasteiger partial charge in [0.25, 0.3) is 0 Å². The number of piperidine rings is 1. The minimum absolute atomic E-state index is 0.0569. The molecule has 0 aromatic carbocycles. The van der Waals surface area contributed by atoms with E-state index in [-0.39, 0.29) is 5.91 Å². The Morgan fingerprint density at radius 1 is 1.54 bits per heavy atom. The van der Waals surface area contributed by atoms with Gasteiger partial charge >= 0.3 is 0 Å². The van der Waals surface area contributed by atoms with Crippen molar-refractivity contribution in [2.24, 2.45) is 0 Å². The first-order valence-corrected chi connectivity index (χ1v) is 4.82. The Morgan fingerprint density at radius 2 is 2.15 bits per heavy atom. The van der Waals surface area contributed by atoms with Crippen LogP contribution < -0.4 is 5.32 Å². The number of carbonyl (C=O) groups is 1. The molecule has 1 N–H and O–H groups in total. The maximum atomic E-state index is 10.6. The summed E-state index contributed by atoms with van der Waals surface area (Å²) in [5, 5.41) is 2.80. The highest BCUT2D eigenvalue weighted by molar-refractivity contribution is 5.72. The Labute approximate surface area is 79.8 Å². The zero-order chi connectivity index (χ0) is 9.68. The van der Waals surface area contributed by atoms with Crippen LogP contribution in [-0.4, -0.2) is 37.0 Å². The maximum absolute atomic E-state index is 10.6. The van der Waals surface area contributed by atoms with Crippen molar-refractivity contribution in [1.82, 2.24) is 10.2 Å². The van der Waals surface area contributed by atoms with Crippen molar-refractivity contribution < 1.29 is 4.79 Å². The van der Waals surface area contributed by atoms with Crippen LogP contribution in [0.2, 0.25) is 0 Å². The quantitative estimate of drug-likeness (QED) is 0.654. The predicted octanol–water partition coefficient (Wildman–Crippen LogP) is 0.774. The molecule has 3 heteroatoms. The second-order valence-electron chi connectivity index (χ2n) is 3.57. The molecular formula is C10H18N2O. The van der Waals surface area contributed by atoms with Gasteiger partial charge in [0.1, 0.15) is 0 Å². The molecule has 1 heterocycles. The van der Waals surface area contributed by atoms with Crippen molar-refractivity contribution in [3.8, 4) is 0 Å². The number of amides is 1. The Bertz CT molecular complexity index is 191. The third-order valence-corrected chi connectivity index (χ3v) is 2.37. The van der Waals surface area contributed by atoms with E-state index in [4.69, 9.17) is 0 Å². The summed E-state index contributed by atoms with van der Waals surface area (Å²) in [5.74, 6) is 0.0569. The van der Waals surface area contributed by atoms with Crippen molar-refractivity contribution in [2.45, 2.75) is 19.8 Å². The monoisotopic (exact) mass is 182 g/mol. The van der Waals surface area contributed by atoms with Crippen molar-refractivity contribution in [3.63, 3.8) is 0 Å². The second kappa shape index (κ2) is 5.02. The number of carbonyl (C=O) groups excluding carboxylic acids is 1. The Kier molecular flexibility index (Phi) is 3.96. The topological polar surface area (TPSA) is 32.3 Å². The standard InChI is InChI=1S/C10H18N2O/c1-9-3-6-12(7-4-9)8-5-11-10(2)13/h1,3-8H2,2H3,(H,11,13). The lowest BCUT2D eigenvalue weighted by atomic mass is 10.1. The molecule has 1 fully saturated rings. The van der Waals surface area contributed by atoms with Gasteiger partial charge in [-0.2, -0.15) is 0 Å². The molecule has 3 nitrogen and oxygen atoms in total. The molecule has 0 radical (unpaired) electrons. The summed E-state index contributed by atoms with van der Waals surface area (Å²) in [5.41, 5.74) is 1.36. The summed E-state index contributed by atoms with van der Waals surface area (Å²) in [6.45, 7) is 9.44. The molecule has 0 aliphatic carbocycles. The lowest BCUT2D eigenvalue weighted by Crippen LogP contribution is -2.37. The van der Waals surface area contributed by atoms with Crippen LogP contribution in [0.25, 0.3) is 0 Å². The van der Waals surface area contributed by atoms with E-state index in [0.717, 1.165) is 39.0 Å². The van der Waals surface area contributed by atoms with Gasteiger partial charge in [-0.25, -0.2) is 0 Å². The number of rotatable bonds is 3. The van der Waals surface area contributed by atoms with E-state index >= 15 is 0 Å². The number of hydrogen-bond acceptors (Lipinski definition) is 2. The predicted molar refractivity (Wildman–Crippen MR) is 53.5 cm³/mol. The van der Waals surface area contributed by atoms with Crippen LogP contribution in [-0.2, 0) is 4.79 Å². The maximum Gasteiger partial charge on any atom is 0.216 e. The molecule has 0 aromatic rings. The van der Waals surface area contributed by atoms with Gasteiger partial charge < -0.3 is 10.2 Å². The molecule has 1 amide bonds. The van der Waals surface area contributed by atoms with Crippen LogP contribution in [0.5, 0.6) is 0 Å². The first-order chi connectivity index (χ1) is 6.18. The van der Waals surface area contributed by atoms with Gasteiger partial charge in [0.2, 0.25) is 5.91 Å². The zero-order valence-electron chi connectivity index (χ0n) is 8.31. The lowest BCUT2D eigenvalue weighted by molar-refractivity contribution is -0.119. The second-order valence-corrected chi connectivity index (χ2v) is 3.57. The summed E-state index contributed by atoms with van der Waals surface area (Å²) < 4.78 is 0. The number of nitrogens with one attached hydrogen (secondary N) is 1. The number of hydrogen-bond donors (Lipinski definition) is 1. The molecule has 1 aliphatic heterocycles. The molecule has 1 saturated heterocycles. The van der Waals surface area contributed by atoms with Crippen LogP contribution in [0.4, 0.5) is 0 Å². The minimum Gasteiger partial charge on any atom is -0.355 e. The van der Waals surface area contributed by atoms with Crippen molar-refractivity contribution in [1.29, 1.82) is 0 Å². The molecule has 0 aromatic heterocycles. The molecule has 0 bridgehead atoms. The Hall–Kier alpha value is -0.830. The first-order valence-electron chi connectivity index (χ1n) is 4.82. The third-order valence-electron chi connectivity index (χ3n) is 2.37. The molecule has 74 valence electrons. The molecular weight excluding hydrogens is 164 g/mol. The zero-order valence-corrected chi connectivity index (χ0v) is 8.31. The van der Waals surface area contributed by atoms with E-state index < -0.39 is 0 Å². The van der Waals surface area contributed by atoms with Crippen molar-refractivity contribution >= 4 is 5.91 Å². The SMILES string of the molecule is C=C1CCN(CCNC(C)=O)CC1. The van der Waals surface area contributed by atoms with Gasteiger partial charge in [-0.05, 0) is 12.8 Å². The number of nitrogens with zero attached hydrogens (tertiary/aromatic N) is 1. The molecule has 1 rings (SSSR count). The fourth-order valence-electron chi connectivity index (χ4n) is 1.48. The molecule has 0 spiro atoms. The smallest absolute Gasteiger partial charge is 0.216 e. The van der Waals surface area contributed by atoms with Crippen molar-refractivity contribution in [2.75, 3.05) is 26.2 Å². The molecule has 1 aliphatic rings. The van der Waals surface area contributed by atoms with Gasteiger partial charge in [0.15, 0.2) is 0 Å². The largest absolute Gasteiger partial charge is 0.355 e. The summed E-state index contributed by atoms with van der Waals surface area (Å²) in [6, 6.07) is 0. The van der Waals surface area contributed by atoms with E-state index in [1.807, 2.05) is 0 Å². The van der Waals surface area contributed by atoms with Gasteiger partial charge in [-0.15, -0.1) is 0 Å². The van der Waals surface area contributed by atoms with E-state index in [1.165, 1.54) is 5.57 Å². The van der Waals surface area contributed by atoms with Gasteiger partial charge in [-0.3, -0.25) is 4.79 Å². The average Bonchev–Trinajstić information content (AvgIpc) is 2.08. The lowest BCUT2D eigenvalue weighted by Gasteiger charge is -2.27. The average molecular weight is 182 g/mol. The summed E-state index contributed by atoms with van der Waals surface area (Å²) in [4.78, 5) is 13.0. The number of likely N-dealkylation sites (tertiary alicyclic amines) is 1. The van der Waals surface area contributed by atoms with E-state index in [9.17, 15) is 4.79 Å². The van der Waals surface area contributed by atoms with E-state index in [1.54, 1.807) is 6.92 Å². The van der Waals surface area contributed by atoms with E-state index in [2.05, 4.69) is 16.8 Å². The molecule has 0 unspecified atom stereocenters. The summed E-state index contributed by atoms with van der Waals surface area (Å²) in [6.07, 6.45) is 2.22. The molecule has 0 atom stereocenters. The molecule has 13 heavy (non-hydrogen) atoms. The first kappa shape index (κ1) is 10.3. The Morgan fingerprint density at radius 3 is 2.69 bits per heavy atom. The third kappa shape index (κ3) is 4.08. The minimum atomic E-state index is 0.0569. The van der Waals surface area contributed by atoms with Crippen LogP contribution in [0.3, 0.4) is 0 Å². The fraction of sp³-hybridized carbons (Fsp3) is 0.700. The Balaban J connectivity index is 2.09. The summed E-state index contributed by atoms with van der Waals surface area (Å²) in [7, 11) is 0. The van der Waals surface area contributed by atoms with Crippen LogP contribution in [0, 0.1) is 0 Å². The van der Waals surface area contributed by atoms with E-state index in [0.29, 0.717) is 0 Å². The van der Waals surface area contributed by atoms with Crippen LogP contribution in [0.1, 0.15) is 19.8 Å². The van der Waals surface area contributed by atoms with Gasteiger partial charge in [-0.1, -0.05) is 12.2 Å². The van der Waals surface area contributed by atoms with Gasteiger partial charge in [0, 0.05) is 33.1 Å². The van der Waals surface area contributed by atoms with Gasteiger partial charge in [0.05, 0.1) is 0 Å². The van der Waals surface area contributed by atoms with Crippen molar-refractivity contribution in [3.05, 3.63) is 12.2 Å². The molecule has 0 saturated carbocycles.